The third-order valence-electron chi connectivity index (χ3n) is 4.10. The van der Waals surface area contributed by atoms with Crippen molar-refractivity contribution in [1.82, 2.24) is 14.9 Å². The highest BCUT2D eigenvalue weighted by Gasteiger charge is 2.47. The fraction of sp³-hybridized carbons (Fsp3) is 0.267. The first kappa shape index (κ1) is 18.6. The molecule has 3 heterocycles. The number of amides is 3. The molecule has 1 aromatic carbocycles. The molecule has 0 spiro atoms. The summed E-state index contributed by atoms with van der Waals surface area (Å²) in [5.41, 5.74) is 1.34. The molecule has 1 fully saturated rings. The average molecular weight is 426 g/mol. The minimum atomic E-state index is -4.85. The summed E-state index contributed by atoms with van der Waals surface area (Å²) in [6, 6.07) is 7.71. The average Bonchev–Trinajstić information content (AvgIpc) is 3.15. The maximum absolute atomic E-state index is 12.2. The molecule has 1 aromatic heterocycles. The van der Waals surface area contributed by atoms with Crippen molar-refractivity contribution in [1.29, 1.82) is 0 Å². The van der Waals surface area contributed by atoms with Gasteiger partial charge in [-0.15, -0.1) is 4.28 Å². The van der Waals surface area contributed by atoms with Crippen LogP contribution in [0.5, 0.6) is 0 Å². The third kappa shape index (κ3) is 3.77. The Morgan fingerprint density at radius 2 is 2.11 bits per heavy atom. The highest BCUT2D eigenvalue weighted by Crippen LogP contribution is 2.42. The van der Waals surface area contributed by atoms with Crippen LogP contribution in [0.1, 0.15) is 22.2 Å². The first-order valence-corrected chi connectivity index (χ1v) is 10.2. The fourth-order valence-electron chi connectivity index (χ4n) is 2.96. The lowest BCUT2D eigenvalue weighted by molar-refractivity contribution is -0.0307. The van der Waals surface area contributed by atoms with Crippen LogP contribution in [0.25, 0.3) is 0 Å². The van der Waals surface area contributed by atoms with Gasteiger partial charge in [0, 0.05) is 0 Å². The van der Waals surface area contributed by atoms with Crippen LogP contribution in [0.4, 0.5) is 14.7 Å². The number of nitrogens with zero attached hydrogens (tertiary/aromatic N) is 3. The summed E-state index contributed by atoms with van der Waals surface area (Å²) in [6.45, 7) is 0.410. The zero-order chi connectivity index (χ0) is 19.9. The number of hydroxylamine groups is 2. The van der Waals surface area contributed by atoms with Crippen LogP contribution in [-0.2, 0) is 32.6 Å². The molecule has 4 rings (SSSR count). The van der Waals surface area contributed by atoms with Crippen molar-refractivity contribution in [3.05, 3.63) is 46.5 Å². The van der Waals surface area contributed by atoms with Gasteiger partial charge >= 0.3 is 22.5 Å². The Labute approximate surface area is 163 Å². The Morgan fingerprint density at radius 3 is 2.82 bits per heavy atom. The third-order valence-corrected chi connectivity index (χ3v) is 5.57. The summed E-state index contributed by atoms with van der Waals surface area (Å²) in [5, 5.41) is 3.36. The monoisotopic (exact) mass is 426 g/mol. The number of anilines is 1. The van der Waals surface area contributed by atoms with E-state index in [4.69, 9.17) is 9.29 Å². The Bertz CT molecular complexity index is 1020. The van der Waals surface area contributed by atoms with E-state index in [2.05, 4.69) is 14.6 Å². The van der Waals surface area contributed by atoms with Crippen LogP contribution in [0.3, 0.4) is 0 Å². The van der Waals surface area contributed by atoms with Gasteiger partial charge in [-0.05, 0) is 5.56 Å². The number of carbonyl (C=O) groups is 2. The van der Waals surface area contributed by atoms with E-state index >= 15 is 0 Å². The summed E-state index contributed by atoms with van der Waals surface area (Å²) < 4.78 is 40.4. The summed E-state index contributed by atoms with van der Waals surface area (Å²) >= 11 is 1.08. The molecule has 2 aliphatic heterocycles. The molecule has 1 saturated heterocycles. The summed E-state index contributed by atoms with van der Waals surface area (Å²) in [4.78, 5) is 30.3. The summed E-state index contributed by atoms with van der Waals surface area (Å²) in [6.07, 6.45) is -0.692. The standard InChI is InChI=1S/C15H14N4O7S2/c20-14(25-8-9-4-2-1-3-5-9)17-13-16-10-6-18-7-11(12(10)27-13)19(15(18)21)26-28(22,23)24/h1-5,11H,6-8H2,(H,16,17,20)(H,22,23,24). The van der Waals surface area contributed by atoms with Gasteiger partial charge < -0.3 is 9.64 Å². The quantitative estimate of drug-likeness (QED) is 0.692. The van der Waals surface area contributed by atoms with Crippen molar-refractivity contribution < 1.29 is 31.6 Å². The highest BCUT2D eigenvalue weighted by molar-refractivity contribution is 7.80. The van der Waals surface area contributed by atoms with Gasteiger partial charge in [0.05, 0.1) is 23.7 Å². The number of rotatable bonds is 5. The zero-order valence-corrected chi connectivity index (χ0v) is 15.8. The molecule has 0 aliphatic carbocycles. The van der Waals surface area contributed by atoms with Gasteiger partial charge in [0.2, 0.25) is 0 Å². The van der Waals surface area contributed by atoms with Crippen LogP contribution in [0.2, 0.25) is 0 Å². The van der Waals surface area contributed by atoms with Crippen LogP contribution in [-0.4, -0.2) is 46.6 Å². The molecule has 0 radical (unpaired) electrons. The normalized spacial score (nSPS) is 18.2. The number of carbonyl (C=O) groups excluding carboxylic acids is 2. The van der Waals surface area contributed by atoms with Crippen molar-refractivity contribution >= 4 is 39.0 Å². The van der Waals surface area contributed by atoms with Gasteiger partial charge in [-0.25, -0.2) is 14.6 Å². The first-order valence-electron chi connectivity index (χ1n) is 8.02. The molecule has 148 valence electrons. The van der Waals surface area contributed by atoms with E-state index in [-0.39, 0.29) is 24.8 Å². The molecule has 2 N–H and O–H groups in total. The highest BCUT2D eigenvalue weighted by atomic mass is 32.3. The predicted molar refractivity (Wildman–Crippen MR) is 95.4 cm³/mol. The summed E-state index contributed by atoms with van der Waals surface area (Å²) in [5.74, 6) is 0. The number of benzene rings is 1. The van der Waals surface area contributed by atoms with Gasteiger partial charge in [-0.2, -0.15) is 13.5 Å². The Hall–Kier alpha value is -2.74. The van der Waals surface area contributed by atoms with E-state index in [0.717, 1.165) is 16.9 Å². The number of hydrogen-bond acceptors (Lipinski definition) is 8. The minimum Gasteiger partial charge on any atom is -0.444 e. The van der Waals surface area contributed by atoms with Gasteiger partial charge in [0.1, 0.15) is 12.6 Å². The van der Waals surface area contributed by atoms with Crippen LogP contribution in [0, 0.1) is 0 Å². The van der Waals surface area contributed by atoms with Crippen LogP contribution >= 0.6 is 11.3 Å². The topological polar surface area (TPSA) is 138 Å². The van der Waals surface area contributed by atoms with Crippen LogP contribution < -0.4 is 5.32 Å². The van der Waals surface area contributed by atoms with Gasteiger partial charge in [0.25, 0.3) is 0 Å². The minimum absolute atomic E-state index is 0.0959. The van der Waals surface area contributed by atoms with Crippen molar-refractivity contribution in [3.63, 3.8) is 0 Å². The van der Waals surface area contributed by atoms with E-state index in [1.807, 2.05) is 30.3 Å². The van der Waals surface area contributed by atoms with Crippen molar-refractivity contribution in [2.45, 2.75) is 19.2 Å². The SMILES string of the molecule is O=C(Nc1nc2c(s1)C1CN(C2)C(=O)N1OS(=O)(=O)O)OCc1ccccc1. The molecule has 1 atom stereocenters. The summed E-state index contributed by atoms with van der Waals surface area (Å²) in [7, 11) is -4.85. The molecule has 13 heteroatoms. The smallest absolute Gasteiger partial charge is 0.418 e. The molecule has 1 unspecified atom stereocenters. The van der Waals surface area contributed by atoms with Crippen LogP contribution in [0.15, 0.2) is 30.3 Å². The number of urea groups is 1. The number of nitrogens with one attached hydrogen (secondary N) is 1. The number of thiazole rings is 1. The molecule has 2 bridgehead atoms. The largest absolute Gasteiger partial charge is 0.444 e. The van der Waals surface area contributed by atoms with Gasteiger partial charge in [-0.3, -0.25) is 9.87 Å². The second-order valence-corrected chi connectivity index (χ2v) is 8.06. The molecular formula is C15H14N4O7S2. The molecule has 2 aromatic rings. The molecule has 28 heavy (non-hydrogen) atoms. The second-order valence-electron chi connectivity index (χ2n) is 6.02. The van der Waals surface area contributed by atoms with E-state index in [1.165, 1.54) is 4.90 Å². The maximum Gasteiger partial charge on any atom is 0.418 e. The van der Waals surface area contributed by atoms with E-state index in [0.29, 0.717) is 15.6 Å². The van der Waals surface area contributed by atoms with Crippen molar-refractivity contribution in [3.8, 4) is 0 Å². The van der Waals surface area contributed by atoms with E-state index in [9.17, 15) is 18.0 Å². The predicted octanol–water partition coefficient (Wildman–Crippen LogP) is 1.92. The number of fused-ring (bicyclic) bond motifs is 4. The van der Waals surface area contributed by atoms with E-state index in [1.54, 1.807) is 0 Å². The Morgan fingerprint density at radius 1 is 1.36 bits per heavy atom. The first-order chi connectivity index (χ1) is 13.3. The fourth-order valence-corrected chi connectivity index (χ4v) is 4.36. The number of hydrogen-bond donors (Lipinski definition) is 2. The molecular weight excluding hydrogens is 412 g/mol. The second kappa shape index (κ2) is 7.01. The number of aromatic nitrogens is 1. The Balaban J connectivity index is 1.45. The zero-order valence-electron chi connectivity index (χ0n) is 14.1. The van der Waals surface area contributed by atoms with Crippen molar-refractivity contribution in [2.75, 3.05) is 11.9 Å². The molecule has 3 amide bonds. The Kier molecular flexibility index (Phi) is 4.66. The maximum atomic E-state index is 12.2. The lowest BCUT2D eigenvalue weighted by atomic mass is 10.1. The molecule has 11 nitrogen and oxygen atoms in total. The van der Waals surface area contributed by atoms with Crippen molar-refractivity contribution in [2.24, 2.45) is 0 Å². The molecule has 2 aliphatic rings. The molecule has 0 saturated carbocycles. The van der Waals surface area contributed by atoms with Gasteiger partial charge in [0.15, 0.2) is 5.13 Å². The number of ether oxygens (including phenoxy) is 1. The lowest BCUT2D eigenvalue weighted by Gasteiger charge is -2.20. The van der Waals surface area contributed by atoms with E-state index < -0.39 is 28.6 Å². The van der Waals surface area contributed by atoms with Gasteiger partial charge in [-0.1, -0.05) is 41.7 Å². The lowest BCUT2D eigenvalue weighted by Crippen LogP contribution is -2.32.